The molecule has 0 aliphatic carbocycles. The molecule has 1 unspecified atom stereocenters. The number of anilines is 1. The zero-order valence-electron chi connectivity index (χ0n) is 12.0. The Morgan fingerprint density at radius 3 is 2.63 bits per heavy atom. The molecule has 0 heterocycles. The second-order valence-electron chi connectivity index (χ2n) is 4.99. The van der Waals surface area contributed by atoms with Crippen LogP contribution in [0.4, 0.5) is 5.69 Å². The third kappa shape index (κ3) is 5.66. The highest BCUT2D eigenvalue weighted by Crippen LogP contribution is 2.24. The standard InChI is InChI=1S/C15H24N2OS/c1-11(2)13-6-4-5-7-14(13)17-15(18)10-19-12(3)8-9-16/h4-7,11-12H,8-10,16H2,1-3H3,(H,17,18). The number of hydrogen-bond donors (Lipinski definition) is 2. The van der Waals surface area contributed by atoms with Crippen LogP contribution in [0.25, 0.3) is 0 Å². The fourth-order valence-electron chi connectivity index (χ4n) is 1.84. The van der Waals surface area contributed by atoms with Gasteiger partial charge >= 0.3 is 0 Å². The summed E-state index contributed by atoms with van der Waals surface area (Å²) in [6, 6.07) is 7.97. The van der Waals surface area contributed by atoms with E-state index in [1.807, 2.05) is 18.2 Å². The monoisotopic (exact) mass is 280 g/mol. The molecule has 1 aromatic rings. The summed E-state index contributed by atoms with van der Waals surface area (Å²) in [7, 11) is 0. The third-order valence-electron chi connectivity index (χ3n) is 2.93. The summed E-state index contributed by atoms with van der Waals surface area (Å²) in [6.45, 7) is 7.03. The van der Waals surface area contributed by atoms with E-state index >= 15 is 0 Å². The first-order valence-electron chi connectivity index (χ1n) is 6.75. The SMILES string of the molecule is CC(CCN)SCC(=O)Nc1ccccc1C(C)C. The van der Waals surface area contributed by atoms with Gasteiger partial charge in [-0.25, -0.2) is 0 Å². The van der Waals surface area contributed by atoms with Crippen LogP contribution in [0.15, 0.2) is 24.3 Å². The topological polar surface area (TPSA) is 55.1 Å². The van der Waals surface area contributed by atoms with E-state index in [-0.39, 0.29) is 5.91 Å². The second-order valence-corrected chi connectivity index (χ2v) is 6.42. The highest BCUT2D eigenvalue weighted by Gasteiger charge is 2.10. The summed E-state index contributed by atoms with van der Waals surface area (Å²) in [5, 5.41) is 3.43. The molecule has 0 bridgehead atoms. The van der Waals surface area contributed by atoms with Crippen LogP contribution in [-0.2, 0) is 4.79 Å². The van der Waals surface area contributed by atoms with Crippen LogP contribution in [0.2, 0.25) is 0 Å². The summed E-state index contributed by atoms with van der Waals surface area (Å²) >= 11 is 1.65. The minimum atomic E-state index is 0.0574. The molecule has 1 amide bonds. The third-order valence-corrected chi connectivity index (χ3v) is 4.16. The first kappa shape index (κ1) is 16.1. The van der Waals surface area contributed by atoms with Crippen molar-refractivity contribution < 1.29 is 4.79 Å². The molecule has 1 aromatic carbocycles. The maximum absolute atomic E-state index is 11.9. The molecule has 19 heavy (non-hydrogen) atoms. The van der Waals surface area contributed by atoms with Gasteiger partial charge in [0.1, 0.15) is 0 Å². The van der Waals surface area contributed by atoms with Crippen molar-refractivity contribution in [3.8, 4) is 0 Å². The molecule has 4 heteroatoms. The van der Waals surface area contributed by atoms with E-state index in [4.69, 9.17) is 5.73 Å². The molecule has 0 saturated carbocycles. The molecular formula is C15H24N2OS. The zero-order chi connectivity index (χ0) is 14.3. The van der Waals surface area contributed by atoms with Gasteiger partial charge in [-0.3, -0.25) is 4.79 Å². The number of rotatable bonds is 7. The molecule has 0 aromatic heterocycles. The normalized spacial score (nSPS) is 12.5. The van der Waals surface area contributed by atoms with Crippen molar-refractivity contribution in [2.75, 3.05) is 17.6 Å². The second kappa shape index (κ2) is 8.23. The lowest BCUT2D eigenvalue weighted by Gasteiger charge is -2.14. The number of amides is 1. The van der Waals surface area contributed by atoms with Gasteiger partial charge < -0.3 is 11.1 Å². The van der Waals surface area contributed by atoms with Crippen molar-refractivity contribution in [3.05, 3.63) is 29.8 Å². The number of benzene rings is 1. The number of hydrogen-bond acceptors (Lipinski definition) is 3. The molecule has 0 fully saturated rings. The Morgan fingerprint density at radius 1 is 1.32 bits per heavy atom. The van der Waals surface area contributed by atoms with Crippen molar-refractivity contribution >= 4 is 23.4 Å². The molecule has 1 atom stereocenters. The van der Waals surface area contributed by atoms with Crippen molar-refractivity contribution in [2.45, 2.75) is 38.4 Å². The number of para-hydroxylation sites is 1. The Labute approximate surface area is 120 Å². The van der Waals surface area contributed by atoms with Gasteiger partial charge in [0, 0.05) is 10.9 Å². The van der Waals surface area contributed by atoms with Gasteiger partial charge in [-0.1, -0.05) is 39.0 Å². The zero-order valence-corrected chi connectivity index (χ0v) is 12.8. The van der Waals surface area contributed by atoms with Crippen LogP contribution in [0.1, 0.15) is 38.7 Å². The average Bonchev–Trinajstić information content (AvgIpc) is 2.37. The summed E-state index contributed by atoms with van der Waals surface area (Å²) in [5.41, 5.74) is 7.60. The highest BCUT2D eigenvalue weighted by atomic mass is 32.2. The van der Waals surface area contributed by atoms with Gasteiger partial charge in [0.2, 0.25) is 5.91 Å². The minimum Gasteiger partial charge on any atom is -0.330 e. The van der Waals surface area contributed by atoms with E-state index in [1.54, 1.807) is 11.8 Å². The molecule has 0 radical (unpaired) electrons. The molecule has 0 spiro atoms. The van der Waals surface area contributed by atoms with Gasteiger partial charge in [-0.2, -0.15) is 0 Å². The number of nitrogens with two attached hydrogens (primary N) is 1. The largest absolute Gasteiger partial charge is 0.330 e. The number of nitrogens with one attached hydrogen (secondary N) is 1. The average molecular weight is 280 g/mol. The maximum Gasteiger partial charge on any atom is 0.234 e. The van der Waals surface area contributed by atoms with Crippen LogP contribution in [0, 0.1) is 0 Å². The van der Waals surface area contributed by atoms with Gasteiger partial charge in [-0.05, 0) is 30.5 Å². The smallest absolute Gasteiger partial charge is 0.234 e. The lowest BCUT2D eigenvalue weighted by Crippen LogP contribution is -2.18. The van der Waals surface area contributed by atoms with Gasteiger partial charge in [0.25, 0.3) is 0 Å². The molecule has 0 aliphatic rings. The first-order valence-corrected chi connectivity index (χ1v) is 7.80. The van der Waals surface area contributed by atoms with Gasteiger partial charge in [-0.15, -0.1) is 11.8 Å². The Morgan fingerprint density at radius 2 is 2.00 bits per heavy atom. The van der Waals surface area contributed by atoms with Crippen LogP contribution in [0.5, 0.6) is 0 Å². The minimum absolute atomic E-state index is 0.0574. The van der Waals surface area contributed by atoms with Crippen molar-refractivity contribution in [1.29, 1.82) is 0 Å². The molecule has 3 nitrogen and oxygen atoms in total. The number of carbonyl (C=O) groups excluding carboxylic acids is 1. The van der Waals surface area contributed by atoms with Gasteiger partial charge in [0.05, 0.1) is 5.75 Å². The molecular weight excluding hydrogens is 256 g/mol. The highest BCUT2D eigenvalue weighted by molar-refractivity contribution is 8.00. The Kier molecular flexibility index (Phi) is 6.95. The lowest BCUT2D eigenvalue weighted by atomic mass is 10.0. The van der Waals surface area contributed by atoms with Crippen LogP contribution >= 0.6 is 11.8 Å². The van der Waals surface area contributed by atoms with E-state index in [0.717, 1.165) is 12.1 Å². The molecule has 1 rings (SSSR count). The van der Waals surface area contributed by atoms with Crippen molar-refractivity contribution in [1.82, 2.24) is 0 Å². The van der Waals surface area contributed by atoms with Crippen molar-refractivity contribution in [3.63, 3.8) is 0 Å². The molecule has 0 aliphatic heterocycles. The number of thioether (sulfide) groups is 1. The lowest BCUT2D eigenvalue weighted by molar-refractivity contribution is -0.113. The summed E-state index contributed by atoms with van der Waals surface area (Å²) in [6.07, 6.45) is 0.945. The Bertz CT molecular complexity index is 407. The molecule has 0 saturated heterocycles. The Balaban J connectivity index is 2.53. The van der Waals surface area contributed by atoms with E-state index in [1.165, 1.54) is 5.56 Å². The molecule has 3 N–H and O–H groups in total. The van der Waals surface area contributed by atoms with Crippen LogP contribution in [0.3, 0.4) is 0 Å². The fourth-order valence-corrected chi connectivity index (χ4v) is 2.65. The van der Waals surface area contributed by atoms with E-state index in [9.17, 15) is 4.79 Å². The quantitative estimate of drug-likeness (QED) is 0.806. The molecule has 106 valence electrons. The summed E-state index contributed by atoms with van der Waals surface area (Å²) in [4.78, 5) is 11.9. The number of carbonyl (C=O) groups is 1. The summed E-state index contributed by atoms with van der Waals surface area (Å²) < 4.78 is 0. The van der Waals surface area contributed by atoms with Crippen LogP contribution < -0.4 is 11.1 Å². The maximum atomic E-state index is 11.9. The predicted octanol–water partition coefficient (Wildman–Crippen LogP) is 3.22. The summed E-state index contributed by atoms with van der Waals surface area (Å²) in [5.74, 6) is 0.940. The predicted molar refractivity (Wildman–Crippen MR) is 84.8 cm³/mol. The van der Waals surface area contributed by atoms with Crippen LogP contribution in [-0.4, -0.2) is 23.5 Å². The van der Waals surface area contributed by atoms with E-state index in [0.29, 0.717) is 23.5 Å². The van der Waals surface area contributed by atoms with E-state index in [2.05, 4.69) is 32.2 Å². The van der Waals surface area contributed by atoms with Crippen molar-refractivity contribution in [2.24, 2.45) is 5.73 Å². The van der Waals surface area contributed by atoms with Gasteiger partial charge in [0.15, 0.2) is 0 Å². The van der Waals surface area contributed by atoms with E-state index < -0.39 is 0 Å². The Hall–Kier alpha value is -1.00. The fraction of sp³-hybridized carbons (Fsp3) is 0.533. The first-order chi connectivity index (χ1) is 9.04.